The SMILES string of the molecule is COC(=O)C(CCCNC(=O)OC(C)(C)C)c1ncc(N(C(=O)OC(C)(C)C)C(=O)OC(C)(C)C)c(-c2ccccc2)n1. The summed E-state index contributed by atoms with van der Waals surface area (Å²) in [6.07, 6.45) is -0.627. The molecule has 0 bridgehead atoms. The maximum atomic E-state index is 13.4. The van der Waals surface area contributed by atoms with Gasteiger partial charge in [-0.05, 0) is 75.2 Å². The molecule has 236 valence electrons. The second kappa shape index (κ2) is 14.3. The van der Waals surface area contributed by atoms with Crippen molar-refractivity contribution in [3.8, 4) is 11.3 Å². The van der Waals surface area contributed by atoms with E-state index >= 15 is 0 Å². The topological polar surface area (TPSA) is 146 Å². The van der Waals surface area contributed by atoms with Crippen LogP contribution in [-0.4, -0.2) is 64.7 Å². The summed E-state index contributed by atoms with van der Waals surface area (Å²) in [6, 6.07) is 8.84. The van der Waals surface area contributed by atoms with E-state index in [1.54, 1.807) is 92.6 Å². The van der Waals surface area contributed by atoms with Crippen molar-refractivity contribution < 1.29 is 38.1 Å². The lowest BCUT2D eigenvalue weighted by atomic mass is 10.0. The van der Waals surface area contributed by atoms with Crippen LogP contribution in [0, 0.1) is 0 Å². The number of aromatic nitrogens is 2. The molecule has 1 unspecified atom stereocenters. The van der Waals surface area contributed by atoms with E-state index in [1.807, 2.05) is 0 Å². The zero-order chi connectivity index (χ0) is 32.6. The minimum absolute atomic E-state index is 0.00802. The largest absolute Gasteiger partial charge is 0.468 e. The molecule has 1 aromatic heterocycles. The third-order valence-corrected chi connectivity index (χ3v) is 5.36. The van der Waals surface area contributed by atoms with Crippen LogP contribution in [-0.2, 0) is 23.7 Å². The number of hydrogen-bond donors (Lipinski definition) is 1. The summed E-state index contributed by atoms with van der Waals surface area (Å²) >= 11 is 0. The van der Waals surface area contributed by atoms with Crippen molar-refractivity contribution in [3.05, 3.63) is 42.4 Å². The summed E-state index contributed by atoms with van der Waals surface area (Å²) in [5.74, 6) is -1.38. The average Bonchev–Trinajstić information content (AvgIpc) is 2.86. The molecule has 12 nitrogen and oxygen atoms in total. The Morgan fingerprint density at radius 1 is 0.837 bits per heavy atom. The number of rotatable bonds is 8. The quantitative estimate of drug-likeness (QED) is 0.206. The number of carbonyl (C=O) groups excluding carboxylic acids is 4. The van der Waals surface area contributed by atoms with Gasteiger partial charge >= 0.3 is 24.2 Å². The highest BCUT2D eigenvalue weighted by atomic mass is 16.6. The van der Waals surface area contributed by atoms with Crippen LogP contribution in [0.25, 0.3) is 11.3 Å². The Morgan fingerprint density at radius 2 is 1.37 bits per heavy atom. The van der Waals surface area contributed by atoms with Gasteiger partial charge in [0.2, 0.25) is 0 Å². The first-order valence-electron chi connectivity index (χ1n) is 14.0. The Labute approximate surface area is 253 Å². The van der Waals surface area contributed by atoms with Gasteiger partial charge in [0.1, 0.15) is 34.2 Å². The van der Waals surface area contributed by atoms with Crippen molar-refractivity contribution in [2.45, 2.75) is 97.9 Å². The molecule has 1 N–H and O–H groups in total. The maximum absolute atomic E-state index is 13.4. The third kappa shape index (κ3) is 11.5. The van der Waals surface area contributed by atoms with Gasteiger partial charge in [-0.15, -0.1) is 0 Å². The number of carbonyl (C=O) groups is 4. The molecule has 1 heterocycles. The summed E-state index contributed by atoms with van der Waals surface area (Å²) in [6.45, 7) is 15.6. The number of hydrogen-bond acceptors (Lipinski definition) is 10. The van der Waals surface area contributed by atoms with Crippen LogP contribution in [0.4, 0.5) is 20.1 Å². The highest BCUT2D eigenvalue weighted by Crippen LogP contribution is 2.33. The average molecular weight is 601 g/mol. The molecule has 1 aromatic carbocycles. The standard InChI is InChI=1S/C31H44N4O8/c1-29(2,3)41-26(37)32-18-14-17-21(25(36)40-10)24-33-19-22(23(34-24)20-15-12-11-13-16-20)35(27(38)42-30(4,5)6)28(39)43-31(7,8)9/h11-13,15-16,19,21H,14,17-18H2,1-10H3,(H,32,37). The summed E-state index contributed by atoms with van der Waals surface area (Å²) in [7, 11) is 1.26. The molecule has 1 atom stereocenters. The molecule has 43 heavy (non-hydrogen) atoms. The van der Waals surface area contributed by atoms with Crippen LogP contribution in [0.5, 0.6) is 0 Å². The molecule has 0 radical (unpaired) electrons. The van der Waals surface area contributed by atoms with Crippen LogP contribution in [0.1, 0.15) is 86.9 Å². The van der Waals surface area contributed by atoms with Crippen molar-refractivity contribution >= 4 is 29.9 Å². The Bertz CT molecular complexity index is 1250. The second-order valence-electron chi connectivity index (χ2n) is 12.8. The molecule has 2 rings (SSSR count). The molecular weight excluding hydrogens is 556 g/mol. The van der Waals surface area contributed by atoms with Gasteiger partial charge in [-0.1, -0.05) is 30.3 Å². The predicted octanol–water partition coefficient (Wildman–Crippen LogP) is 6.38. The minimum Gasteiger partial charge on any atom is -0.468 e. The molecular formula is C31H44N4O8. The van der Waals surface area contributed by atoms with E-state index in [0.29, 0.717) is 12.0 Å². The Kier molecular flexibility index (Phi) is 11.6. The smallest absolute Gasteiger partial charge is 0.424 e. The summed E-state index contributed by atoms with van der Waals surface area (Å²) in [5, 5.41) is 2.66. The Hall–Kier alpha value is -4.22. The van der Waals surface area contributed by atoms with Gasteiger partial charge in [0.25, 0.3) is 0 Å². The summed E-state index contributed by atoms with van der Waals surface area (Å²) in [5.41, 5.74) is -1.73. The van der Waals surface area contributed by atoms with Crippen molar-refractivity contribution in [1.82, 2.24) is 15.3 Å². The summed E-state index contributed by atoms with van der Waals surface area (Å²) < 4.78 is 21.4. The Morgan fingerprint density at radius 3 is 1.86 bits per heavy atom. The molecule has 3 amide bonds. The fourth-order valence-corrected chi connectivity index (χ4v) is 3.72. The second-order valence-corrected chi connectivity index (χ2v) is 12.8. The van der Waals surface area contributed by atoms with E-state index in [1.165, 1.54) is 13.3 Å². The number of esters is 1. The zero-order valence-electron chi connectivity index (χ0n) is 26.8. The third-order valence-electron chi connectivity index (χ3n) is 5.36. The number of benzene rings is 1. The van der Waals surface area contributed by atoms with E-state index in [4.69, 9.17) is 18.9 Å². The number of nitrogens with one attached hydrogen (secondary N) is 1. The first kappa shape index (κ1) is 35.0. The van der Waals surface area contributed by atoms with Crippen molar-refractivity contribution in [2.75, 3.05) is 18.6 Å². The number of nitrogens with zero attached hydrogens (tertiary/aromatic N) is 3. The lowest BCUT2D eigenvalue weighted by molar-refractivity contribution is -0.142. The molecule has 2 aromatic rings. The van der Waals surface area contributed by atoms with Gasteiger partial charge in [0.15, 0.2) is 0 Å². The molecule has 0 aliphatic carbocycles. The van der Waals surface area contributed by atoms with Gasteiger partial charge < -0.3 is 24.3 Å². The van der Waals surface area contributed by atoms with Crippen LogP contribution in [0.15, 0.2) is 36.5 Å². The van der Waals surface area contributed by atoms with E-state index in [-0.39, 0.29) is 30.2 Å². The molecule has 0 aliphatic heterocycles. The minimum atomic E-state index is -0.979. The number of amides is 3. The fourth-order valence-electron chi connectivity index (χ4n) is 3.72. The molecule has 0 spiro atoms. The highest BCUT2D eigenvalue weighted by Gasteiger charge is 2.36. The van der Waals surface area contributed by atoms with Gasteiger partial charge in [-0.25, -0.2) is 24.4 Å². The monoisotopic (exact) mass is 600 g/mol. The molecule has 0 saturated carbocycles. The predicted molar refractivity (Wildman–Crippen MR) is 161 cm³/mol. The van der Waals surface area contributed by atoms with Crippen molar-refractivity contribution in [2.24, 2.45) is 0 Å². The molecule has 12 heteroatoms. The fraction of sp³-hybridized carbons (Fsp3) is 0.548. The van der Waals surface area contributed by atoms with E-state index in [9.17, 15) is 19.2 Å². The van der Waals surface area contributed by atoms with E-state index < -0.39 is 47.0 Å². The Balaban J connectivity index is 2.55. The lowest BCUT2D eigenvalue weighted by Gasteiger charge is -2.29. The number of alkyl carbamates (subject to hydrolysis) is 1. The van der Waals surface area contributed by atoms with Gasteiger partial charge in [0.05, 0.1) is 19.0 Å². The highest BCUT2D eigenvalue weighted by molar-refractivity contribution is 6.11. The first-order valence-corrected chi connectivity index (χ1v) is 14.0. The van der Waals surface area contributed by atoms with Crippen LogP contribution in [0.3, 0.4) is 0 Å². The van der Waals surface area contributed by atoms with E-state index in [2.05, 4.69) is 15.3 Å². The molecule has 0 aliphatic rings. The summed E-state index contributed by atoms with van der Waals surface area (Å²) in [4.78, 5) is 61.5. The van der Waals surface area contributed by atoms with E-state index in [0.717, 1.165) is 4.90 Å². The normalized spacial score (nSPS) is 12.5. The lowest BCUT2D eigenvalue weighted by Crippen LogP contribution is -2.44. The van der Waals surface area contributed by atoms with Gasteiger partial charge in [-0.3, -0.25) is 4.79 Å². The maximum Gasteiger partial charge on any atom is 0.424 e. The first-order chi connectivity index (χ1) is 19.8. The van der Waals surface area contributed by atoms with Crippen molar-refractivity contribution in [1.29, 1.82) is 0 Å². The zero-order valence-corrected chi connectivity index (χ0v) is 26.8. The van der Waals surface area contributed by atoms with Crippen molar-refractivity contribution in [3.63, 3.8) is 0 Å². The van der Waals surface area contributed by atoms with Gasteiger partial charge in [0, 0.05) is 12.1 Å². The number of methoxy groups -OCH3 is 1. The van der Waals surface area contributed by atoms with Crippen LogP contribution in [0.2, 0.25) is 0 Å². The van der Waals surface area contributed by atoms with Crippen LogP contribution >= 0.6 is 0 Å². The number of anilines is 1. The number of ether oxygens (including phenoxy) is 4. The van der Waals surface area contributed by atoms with Gasteiger partial charge in [-0.2, -0.15) is 4.90 Å². The molecule has 0 saturated heterocycles. The molecule has 0 fully saturated rings. The number of imide groups is 1. The van der Waals surface area contributed by atoms with Crippen LogP contribution < -0.4 is 10.2 Å².